The first-order chi connectivity index (χ1) is 7.11. The smallest absolute Gasteiger partial charge is 0.339 e. The van der Waals surface area contributed by atoms with E-state index in [0.717, 1.165) is 18.7 Å². The number of halogens is 1. The van der Waals surface area contributed by atoms with Crippen LogP contribution in [0.4, 0.5) is 5.69 Å². The van der Waals surface area contributed by atoms with Gasteiger partial charge in [-0.3, -0.25) is 0 Å². The molecule has 0 aromatic heterocycles. The highest BCUT2D eigenvalue weighted by Gasteiger charge is 2.28. The Hall–Kier alpha value is -1.22. The molecule has 4 heteroatoms. The first-order valence-electron chi connectivity index (χ1n) is 4.89. The van der Waals surface area contributed by atoms with Gasteiger partial charge in [-0.2, -0.15) is 0 Å². The summed E-state index contributed by atoms with van der Waals surface area (Å²) < 4.78 is 0. The predicted octanol–water partition coefficient (Wildman–Crippen LogP) is 2.64. The van der Waals surface area contributed by atoms with Gasteiger partial charge in [-0.15, -0.1) is 0 Å². The average molecular weight is 226 g/mol. The molecular formula is C11H12ClNO2. The third kappa shape index (κ3) is 1.67. The molecule has 1 aliphatic heterocycles. The van der Waals surface area contributed by atoms with Crippen molar-refractivity contribution in [1.29, 1.82) is 0 Å². The van der Waals surface area contributed by atoms with Gasteiger partial charge in [0.25, 0.3) is 0 Å². The molecule has 15 heavy (non-hydrogen) atoms. The van der Waals surface area contributed by atoms with Gasteiger partial charge < -0.3 is 10.0 Å². The molecule has 1 atom stereocenters. The van der Waals surface area contributed by atoms with E-state index in [1.165, 1.54) is 0 Å². The number of rotatable bonds is 2. The summed E-state index contributed by atoms with van der Waals surface area (Å²) in [5.74, 6) is -0.963. The molecule has 2 rings (SSSR count). The molecular weight excluding hydrogens is 214 g/mol. The van der Waals surface area contributed by atoms with E-state index in [0.29, 0.717) is 11.1 Å². The molecule has 1 fully saturated rings. The second kappa shape index (κ2) is 3.74. The minimum atomic E-state index is -0.963. The average Bonchev–Trinajstić information content (AvgIpc) is 2.15. The lowest BCUT2D eigenvalue weighted by molar-refractivity contribution is 0.0697. The van der Waals surface area contributed by atoms with Crippen LogP contribution < -0.4 is 4.90 Å². The van der Waals surface area contributed by atoms with Gasteiger partial charge in [-0.25, -0.2) is 4.79 Å². The third-order valence-corrected chi connectivity index (χ3v) is 3.15. The van der Waals surface area contributed by atoms with Crippen molar-refractivity contribution >= 4 is 23.3 Å². The summed E-state index contributed by atoms with van der Waals surface area (Å²) in [5.41, 5.74) is 0.944. The molecule has 80 valence electrons. The number of aromatic carboxylic acids is 1. The van der Waals surface area contributed by atoms with Gasteiger partial charge in [0, 0.05) is 12.6 Å². The van der Waals surface area contributed by atoms with Crippen molar-refractivity contribution in [3.8, 4) is 0 Å². The van der Waals surface area contributed by atoms with Crippen LogP contribution in [0.15, 0.2) is 18.2 Å². The number of carboxylic acid groups (broad SMARTS) is 1. The maximum atomic E-state index is 11.1. The number of nitrogens with zero attached hydrogens (tertiary/aromatic N) is 1. The van der Waals surface area contributed by atoms with Crippen molar-refractivity contribution in [3.63, 3.8) is 0 Å². The van der Waals surface area contributed by atoms with E-state index in [1.54, 1.807) is 12.1 Å². The molecule has 1 unspecified atom stereocenters. The molecule has 0 saturated carbocycles. The van der Waals surface area contributed by atoms with Crippen LogP contribution in [0.1, 0.15) is 23.7 Å². The fourth-order valence-corrected chi connectivity index (χ4v) is 2.09. The fourth-order valence-electron chi connectivity index (χ4n) is 1.84. The normalized spacial score (nSPS) is 19.9. The first kappa shape index (κ1) is 10.3. The zero-order valence-corrected chi connectivity index (χ0v) is 9.16. The Morgan fingerprint density at radius 2 is 2.33 bits per heavy atom. The topological polar surface area (TPSA) is 40.5 Å². The maximum absolute atomic E-state index is 11.1. The molecule has 0 radical (unpaired) electrons. The van der Waals surface area contributed by atoms with E-state index in [2.05, 4.69) is 11.8 Å². The zero-order valence-electron chi connectivity index (χ0n) is 8.40. The highest BCUT2D eigenvalue weighted by Crippen LogP contribution is 2.33. The zero-order chi connectivity index (χ0) is 11.0. The number of anilines is 1. The predicted molar refractivity (Wildman–Crippen MR) is 59.8 cm³/mol. The molecule has 0 spiro atoms. The van der Waals surface area contributed by atoms with E-state index in [1.807, 2.05) is 6.07 Å². The molecule has 1 heterocycles. The first-order valence-corrected chi connectivity index (χ1v) is 5.27. The van der Waals surface area contributed by atoms with Crippen LogP contribution >= 0.6 is 11.6 Å². The summed E-state index contributed by atoms with van der Waals surface area (Å²) in [6.45, 7) is 2.98. The molecule has 1 aromatic carbocycles. The Bertz CT molecular complexity index is 406. The molecule has 0 bridgehead atoms. The van der Waals surface area contributed by atoms with E-state index < -0.39 is 5.97 Å². The fraction of sp³-hybridized carbons (Fsp3) is 0.364. The van der Waals surface area contributed by atoms with Crippen molar-refractivity contribution in [2.45, 2.75) is 19.4 Å². The molecule has 0 amide bonds. The number of carboxylic acids is 1. The van der Waals surface area contributed by atoms with Crippen molar-refractivity contribution in [2.75, 3.05) is 11.4 Å². The van der Waals surface area contributed by atoms with Crippen LogP contribution in [-0.2, 0) is 0 Å². The monoisotopic (exact) mass is 225 g/mol. The Morgan fingerprint density at radius 1 is 1.60 bits per heavy atom. The Labute approximate surface area is 93.3 Å². The van der Waals surface area contributed by atoms with Gasteiger partial charge in [0.2, 0.25) is 0 Å². The molecule has 0 aliphatic carbocycles. The SMILES string of the molecule is CC1CCN1c1cccc(Cl)c1C(=O)O. The lowest BCUT2D eigenvalue weighted by Gasteiger charge is -2.41. The third-order valence-electron chi connectivity index (χ3n) is 2.83. The van der Waals surface area contributed by atoms with Gasteiger partial charge in [-0.1, -0.05) is 17.7 Å². The van der Waals surface area contributed by atoms with Crippen LogP contribution in [0.2, 0.25) is 5.02 Å². The molecule has 3 nitrogen and oxygen atoms in total. The van der Waals surface area contributed by atoms with E-state index >= 15 is 0 Å². The number of carbonyl (C=O) groups is 1. The molecule has 1 aromatic rings. The largest absolute Gasteiger partial charge is 0.478 e. The highest BCUT2D eigenvalue weighted by atomic mass is 35.5. The van der Waals surface area contributed by atoms with Crippen molar-refractivity contribution < 1.29 is 9.90 Å². The lowest BCUT2D eigenvalue weighted by atomic mass is 10.0. The van der Waals surface area contributed by atoms with Gasteiger partial charge in [0.1, 0.15) is 5.56 Å². The summed E-state index contributed by atoms with van der Waals surface area (Å²) in [7, 11) is 0. The lowest BCUT2D eigenvalue weighted by Crippen LogP contribution is -2.46. The van der Waals surface area contributed by atoms with Crippen LogP contribution in [0, 0.1) is 0 Å². The number of hydrogen-bond acceptors (Lipinski definition) is 2. The van der Waals surface area contributed by atoms with Gasteiger partial charge in [0.15, 0.2) is 0 Å². The van der Waals surface area contributed by atoms with E-state index in [9.17, 15) is 4.79 Å². The van der Waals surface area contributed by atoms with Crippen LogP contribution in [0.25, 0.3) is 0 Å². The summed E-state index contributed by atoms with van der Waals surface area (Å²) in [6, 6.07) is 5.61. The second-order valence-electron chi connectivity index (χ2n) is 3.77. The van der Waals surface area contributed by atoms with Crippen LogP contribution in [-0.4, -0.2) is 23.7 Å². The van der Waals surface area contributed by atoms with Gasteiger partial charge in [-0.05, 0) is 25.5 Å². The highest BCUT2D eigenvalue weighted by molar-refractivity contribution is 6.34. The molecule has 1 aliphatic rings. The van der Waals surface area contributed by atoms with Crippen LogP contribution in [0.3, 0.4) is 0 Å². The minimum Gasteiger partial charge on any atom is -0.478 e. The van der Waals surface area contributed by atoms with Gasteiger partial charge >= 0.3 is 5.97 Å². The maximum Gasteiger partial charge on any atom is 0.339 e. The minimum absolute atomic E-state index is 0.214. The summed E-state index contributed by atoms with van der Waals surface area (Å²) in [5, 5.41) is 9.39. The Kier molecular flexibility index (Phi) is 2.57. The Morgan fingerprint density at radius 3 is 2.80 bits per heavy atom. The van der Waals surface area contributed by atoms with Crippen molar-refractivity contribution in [3.05, 3.63) is 28.8 Å². The molecule has 1 N–H and O–H groups in total. The summed E-state index contributed by atoms with van der Waals surface area (Å²) in [6.07, 6.45) is 1.10. The van der Waals surface area contributed by atoms with Crippen LogP contribution in [0.5, 0.6) is 0 Å². The number of hydrogen-bond donors (Lipinski definition) is 1. The quantitative estimate of drug-likeness (QED) is 0.841. The second-order valence-corrected chi connectivity index (χ2v) is 4.18. The Balaban J connectivity index is 2.46. The molecule has 1 saturated heterocycles. The van der Waals surface area contributed by atoms with Crippen molar-refractivity contribution in [2.24, 2.45) is 0 Å². The van der Waals surface area contributed by atoms with Gasteiger partial charge in [0.05, 0.1) is 10.7 Å². The summed E-state index contributed by atoms with van der Waals surface area (Å²) in [4.78, 5) is 13.1. The summed E-state index contributed by atoms with van der Waals surface area (Å²) >= 11 is 5.89. The van der Waals surface area contributed by atoms with Crippen molar-refractivity contribution in [1.82, 2.24) is 0 Å². The standard InChI is InChI=1S/C11H12ClNO2/c1-7-5-6-13(7)9-4-2-3-8(12)10(9)11(14)15/h2-4,7H,5-6H2,1H3,(H,14,15). The number of benzene rings is 1. The van der Waals surface area contributed by atoms with E-state index in [4.69, 9.17) is 16.7 Å². The van der Waals surface area contributed by atoms with E-state index in [-0.39, 0.29) is 5.56 Å².